The van der Waals surface area contributed by atoms with Crippen LogP contribution in [-0.4, -0.2) is 24.0 Å². The second-order valence-electron chi connectivity index (χ2n) is 5.98. The van der Waals surface area contributed by atoms with Gasteiger partial charge in [-0.3, -0.25) is 0 Å². The van der Waals surface area contributed by atoms with E-state index < -0.39 is 0 Å². The van der Waals surface area contributed by atoms with Crippen molar-refractivity contribution in [1.29, 1.82) is 0 Å². The topological polar surface area (TPSA) is 32.3 Å². The third-order valence-electron chi connectivity index (χ3n) is 2.82. The van der Waals surface area contributed by atoms with Gasteiger partial charge in [-0.05, 0) is 29.5 Å². The minimum absolute atomic E-state index is 0.00218. The Hall–Kier alpha value is -1.22. The molecule has 20 heavy (non-hydrogen) atoms. The summed E-state index contributed by atoms with van der Waals surface area (Å²) in [6, 6.07) is 7.53. The summed E-state index contributed by atoms with van der Waals surface area (Å²) in [6.07, 6.45) is 0. The van der Waals surface area contributed by atoms with Crippen molar-refractivity contribution in [1.82, 2.24) is 10.2 Å². The Balaban J connectivity index is 2.54. The van der Waals surface area contributed by atoms with Crippen LogP contribution in [-0.2, 0) is 6.54 Å². The van der Waals surface area contributed by atoms with Crippen LogP contribution in [0.5, 0.6) is 0 Å². The van der Waals surface area contributed by atoms with Crippen LogP contribution >= 0.6 is 11.6 Å². The highest BCUT2D eigenvalue weighted by Gasteiger charge is 2.15. The van der Waals surface area contributed by atoms with Crippen molar-refractivity contribution in [2.24, 2.45) is 11.8 Å². The maximum absolute atomic E-state index is 12.2. The van der Waals surface area contributed by atoms with Gasteiger partial charge >= 0.3 is 6.03 Å². The molecule has 0 aliphatic carbocycles. The number of amides is 2. The molecule has 0 aliphatic heterocycles. The summed E-state index contributed by atoms with van der Waals surface area (Å²) in [5, 5.41) is 3.68. The van der Waals surface area contributed by atoms with E-state index in [1.54, 1.807) is 0 Å². The Morgan fingerprint density at radius 2 is 1.60 bits per heavy atom. The summed E-state index contributed by atoms with van der Waals surface area (Å²) >= 11 is 5.84. The van der Waals surface area contributed by atoms with Gasteiger partial charge in [-0.1, -0.05) is 51.4 Å². The van der Waals surface area contributed by atoms with Gasteiger partial charge in [0.2, 0.25) is 0 Å². The Morgan fingerprint density at radius 3 is 2.05 bits per heavy atom. The zero-order valence-corrected chi connectivity index (χ0v) is 13.6. The van der Waals surface area contributed by atoms with Gasteiger partial charge < -0.3 is 10.2 Å². The quantitative estimate of drug-likeness (QED) is 0.840. The summed E-state index contributed by atoms with van der Waals surface area (Å²) in [4.78, 5) is 14.1. The van der Waals surface area contributed by atoms with E-state index in [9.17, 15) is 4.79 Å². The zero-order chi connectivity index (χ0) is 15.1. The van der Waals surface area contributed by atoms with Crippen LogP contribution in [0.1, 0.15) is 33.3 Å². The molecule has 0 fully saturated rings. The number of carbonyl (C=O) groups is 1. The Labute approximate surface area is 127 Å². The van der Waals surface area contributed by atoms with Crippen LogP contribution in [0.3, 0.4) is 0 Å². The molecule has 3 nitrogen and oxygen atoms in total. The molecule has 4 heteroatoms. The van der Waals surface area contributed by atoms with E-state index in [1.807, 2.05) is 29.2 Å². The molecule has 1 N–H and O–H groups in total. The number of rotatable bonds is 6. The Bertz CT molecular complexity index is 405. The fourth-order valence-electron chi connectivity index (χ4n) is 2.01. The van der Waals surface area contributed by atoms with Crippen molar-refractivity contribution in [2.75, 3.05) is 13.1 Å². The van der Waals surface area contributed by atoms with Gasteiger partial charge in [0.05, 0.1) is 0 Å². The summed E-state index contributed by atoms with van der Waals surface area (Å²) in [6.45, 7) is 10.6. The van der Waals surface area contributed by atoms with Crippen LogP contribution in [0.15, 0.2) is 24.3 Å². The van der Waals surface area contributed by atoms with Gasteiger partial charge in [0, 0.05) is 24.7 Å². The first-order valence-corrected chi connectivity index (χ1v) is 7.53. The Kier molecular flexibility index (Phi) is 6.86. The van der Waals surface area contributed by atoms with Crippen LogP contribution in [0, 0.1) is 11.8 Å². The molecule has 0 bridgehead atoms. The number of nitrogens with zero attached hydrogens (tertiary/aromatic N) is 1. The monoisotopic (exact) mass is 296 g/mol. The molecular weight excluding hydrogens is 272 g/mol. The van der Waals surface area contributed by atoms with E-state index in [-0.39, 0.29) is 6.03 Å². The molecule has 0 heterocycles. The minimum Gasteiger partial charge on any atom is -0.334 e. The summed E-state index contributed by atoms with van der Waals surface area (Å²) in [7, 11) is 0. The zero-order valence-electron chi connectivity index (χ0n) is 12.8. The maximum Gasteiger partial charge on any atom is 0.317 e. The van der Waals surface area contributed by atoms with E-state index in [0.717, 1.165) is 18.7 Å². The number of carbonyl (C=O) groups excluding carboxylic acids is 1. The summed E-state index contributed by atoms with van der Waals surface area (Å²) < 4.78 is 0. The lowest BCUT2D eigenvalue weighted by Gasteiger charge is -2.26. The lowest BCUT2D eigenvalue weighted by Crippen LogP contribution is -2.43. The van der Waals surface area contributed by atoms with Crippen LogP contribution in [0.25, 0.3) is 0 Å². The molecule has 0 saturated heterocycles. The molecule has 0 spiro atoms. The minimum atomic E-state index is 0.00218. The number of hydrogen-bond donors (Lipinski definition) is 1. The maximum atomic E-state index is 12.2. The lowest BCUT2D eigenvalue weighted by molar-refractivity contribution is 0.183. The highest BCUT2D eigenvalue weighted by atomic mass is 35.5. The van der Waals surface area contributed by atoms with Crippen LogP contribution < -0.4 is 5.32 Å². The molecule has 2 amide bonds. The number of nitrogens with one attached hydrogen (secondary N) is 1. The average molecular weight is 297 g/mol. The standard InChI is InChI=1S/C16H25ClN2O/c1-12(2)10-19(11-13(3)4)16(20)18-9-14-5-7-15(17)8-6-14/h5-8,12-13H,9-11H2,1-4H3,(H,18,20). The van der Waals surface area contributed by atoms with Crippen LogP contribution in [0.4, 0.5) is 4.79 Å². The first-order chi connectivity index (χ1) is 9.38. The summed E-state index contributed by atoms with van der Waals surface area (Å²) in [5.41, 5.74) is 1.05. The molecule has 1 aromatic rings. The molecule has 0 aliphatic rings. The van der Waals surface area contributed by atoms with E-state index in [4.69, 9.17) is 11.6 Å². The predicted octanol–water partition coefficient (Wildman–Crippen LogP) is 4.16. The average Bonchev–Trinajstić information content (AvgIpc) is 2.36. The van der Waals surface area contributed by atoms with Crippen molar-refractivity contribution < 1.29 is 4.79 Å². The van der Waals surface area contributed by atoms with Gasteiger partial charge in [-0.2, -0.15) is 0 Å². The van der Waals surface area contributed by atoms with Gasteiger partial charge in [0.25, 0.3) is 0 Å². The SMILES string of the molecule is CC(C)CN(CC(C)C)C(=O)NCc1ccc(Cl)cc1. The first-order valence-electron chi connectivity index (χ1n) is 7.15. The number of urea groups is 1. The van der Waals surface area contributed by atoms with Crippen molar-refractivity contribution >= 4 is 17.6 Å². The number of halogens is 1. The fraction of sp³-hybridized carbons (Fsp3) is 0.562. The van der Waals surface area contributed by atoms with E-state index in [2.05, 4.69) is 33.0 Å². The first kappa shape index (κ1) is 16.8. The highest BCUT2D eigenvalue weighted by molar-refractivity contribution is 6.30. The highest BCUT2D eigenvalue weighted by Crippen LogP contribution is 2.10. The van der Waals surface area contributed by atoms with Gasteiger partial charge in [-0.15, -0.1) is 0 Å². The third kappa shape index (κ3) is 6.29. The molecular formula is C16H25ClN2O. The van der Waals surface area contributed by atoms with Gasteiger partial charge in [-0.25, -0.2) is 4.79 Å². The van der Waals surface area contributed by atoms with Gasteiger partial charge in [0.1, 0.15) is 0 Å². The fourth-order valence-corrected chi connectivity index (χ4v) is 2.14. The number of hydrogen-bond acceptors (Lipinski definition) is 1. The molecule has 0 unspecified atom stereocenters. The summed E-state index contributed by atoms with van der Waals surface area (Å²) in [5.74, 6) is 0.935. The molecule has 0 aromatic heterocycles. The van der Waals surface area contributed by atoms with E-state index in [1.165, 1.54) is 0 Å². The van der Waals surface area contributed by atoms with E-state index >= 15 is 0 Å². The lowest BCUT2D eigenvalue weighted by atomic mass is 10.1. The second-order valence-corrected chi connectivity index (χ2v) is 6.41. The molecule has 0 radical (unpaired) electrons. The van der Waals surface area contributed by atoms with Crippen molar-refractivity contribution in [2.45, 2.75) is 34.2 Å². The normalized spacial score (nSPS) is 10.9. The molecule has 1 aromatic carbocycles. The van der Waals surface area contributed by atoms with Crippen LogP contribution in [0.2, 0.25) is 5.02 Å². The van der Waals surface area contributed by atoms with Gasteiger partial charge in [0.15, 0.2) is 0 Å². The molecule has 112 valence electrons. The molecule has 1 rings (SSSR count). The number of benzene rings is 1. The third-order valence-corrected chi connectivity index (χ3v) is 3.07. The van der Waals surface area contributed by atoms with Crippen molar-refractivity contribution in [3.05, 3.63) is 34.9 Å². The largest absolute Gasteiger partial charge is 0.334 e. The second kappa shape index (κ2) is 8.15. The van der Waals surface area contributed by atoms with E-state index in [0.29, 0.717) is 23.4 Å². The van der Waals surface area contributed by atoms with Crippen molar-refractivity contribution in [3.63, 3.8) is 0 Å². The smallest absolute Gasteiger partial charge is 0.317 e. The predicted molar refractivity (Wildman–Crippen MR) is 84.9 cm³/mol. The molecule has 0 atom stereocenters. The van der Waals surface area contributed by atoms with Crippen molar-refractivity contribution in [3.8, 4) is 0 Å². The molecule has 0 saturated carbocycles. The Morgan fingerprint density at radius 1 is 1.10 bits per heavy atom.